The van der Waals surface area contributed by atoms with Crippen LogP contribution in [0.2, 0.25) is 0 Å². The zero-order chi connectivity index (χ0) is 13.5. The van der Waals surface area contributed by atoms with E-state index in [0.29, 0.717) is 25.7 Å². The van der Waals surface area contributed by atoms with E-state index in [2.05, 4.69) is 9.97 Å². The molecule has 1 aromatic rings. The summed E-state index contributed by atoms with van der Waals surface area (Å²) in [6, 6.07) is 1.66. The van der Waals surface area contributed by atoms with Crippen LogP contribution in [0.4, 0.5) is 0 Å². The molecule has 2 unspecified atom stereocenters. The summed E-state index contributed by atoms with van der Waals surface area (Å²) in [6.45, 7) is 0. The molecule has 6 heteroatoms. The molecule has 0 spiro atoms. The van der Waals surface area contributed by atoms with E-state index in [1.165, 1.54) is 0 Å². The first-order valence-electron chi connectivity index (χ1n) is 6.63. The minimum atomic E-state index is -3.01. The number of hydrogen-bond donors (Lipinski definition) is 0. The van der Waals surface area contributed by atoms with Crippen LogP contribution in [-0.2, 0) is 9.84 Å². The van der Waals surface area contributed by atoms with Gasteiger partial charge < -0.3 is 0 Å². The number of carbonyl (C=O) groups is 1. The highest BCUT2D eigenvalue weighted by Gasteiger charge is 2.46. The van der Waals surface area contributed by atoms with Crippen LogP contribution in [0, 0.1) is 5.92 Å². The van der Waals surface area contributed by atoms with Gasteiger partial charge in [0.05, 0.1) is 10.5 Å². The third-order valence-corrected chi connectivity index (χ3v) is 6.95. The standard InChI is InChI=1S/C13H16N2O3S/c16-12(13-14-5-2-6-15-13)9-7-10-3-1-4-11(8-9)19(10,17)18/h2,5-6,9-11H,1,3-4,7-8H2. The second-order valence-corrected chi connectivity index (χ2v) is 7.88. The fourth-order valence-corrected chi connectivity index (χ4v) is 5.77. The van der Waals surface area contributed by atoms with Crippen LogP contribution in [0.25, 0.3) is 0 Å². The number of carbonyl (C=O) groups excluding carboxylic acids is 1. The molecule has 0 radical (unpaired) electrons. The summed E-state index contributed by atoms with van der Waals surface area (Å²) in [4.78, 5) is 20.3. The van der Waals surface area contributed by atoms with Gasteiger partial charge in [0.15, 0.2) is 15.7 Å². The van der Waals surface area contributed by atoms with Crippen LogP contribution in [0.3, 0.4) is 0 Å². The molecule has 3 heterocycles. The molecule has 0 aromatic carbocycles. The largest absolute Gasteiger partial charge is 0.290 e. The van der Waals surface area contributed by atoms with Crippen LogP contribution in [0.1, 0.15) is 42.7 Å². The highest BCUT2D eigenvalue weighted by Crippen LogP contribution is 2.40. The maximum Gasteiger partial charge on any atom is 0.203 e. The molecule has 1 aromatic heterocycles. The summed E-state index contributed by atoms with van der Waals surface area (Å²) in [6.07, 6.45) is 6.31. The first kappa shape index (κ1) is 12.7. The summed E-state index contributed by atoms with van der Waals surface area (Å²) in [7, 11) is -3.01. The predicted octanol–water partition coefficient (Wildman–Crippen LogP) is 1.41. The molecule has 2 bridgehead atoms. The number of rotatable bonds is 2. The van der Waals surface area contributed by atoms with Gasteiger partial charge >= 0.3 is 0 Å². The normalized spacial score (nSPS) is 32.7. The second-order valence-electron chi connectivity index (χ2n) is 5.37. The molecule has 19 heavy (non-hydrogen) atoms. The van der Waals surface area contributed by atoms with E-state index >= 15 is 0 Å². The zero-order valence-electron chi connectivity index (χ0n) is 10.5. The summed E-state index contributed by atoms with van der Waals surface area (Å²) in [5.41, 5.74) is 0. The van der Waals surface area contributed by atoms with Crippen LogP contribution in [0.15, 0.2) is 18.5 Å². The van der Waals surface area contributed by atoms with Gasteiger partial charge in [-0.05, 0) is 31.7 Å². The van der Waals surface area contributed by atoms with Crippen molar-refractivity contribution in [2.75, 3.05) is 0 Å². The van der Waals surface area contributed by atoms with Crippen molar-refractivity contribution in [2.45, 2.75) is 42.6 Å². The van der Waals surface area contributed by atoms with Crippen LogP contribution >= 0.6 is 0 Å². The van der Waals surface area contributed by atoms with Gasteiger partial charge in [0.1, 0.15) is 0 Å². The van der Waals surface area contributed by atoms with Gasteiger partial charge in [0, 0.05) is 18.3 Å². The van der Waals surface area contributed by atoms with E-state index in [1.807, 2.05) is 0 Å². The molecule has 2 saturated heterocycles. The van der Waals surface area contributed by atoms with Crippen molar-refractivity contribution in [1.29, 1.82) is 0 Å². The topological polar surface area (TPSA) is 77.0 Å². The molecule has 102 valence electrons. The maximum absolute atomic E-state index is 12.3. The fourth-order valence-electron chi connectivity index (χ4n) is 3.23. The molecule has 5 nitrogen and oxygen atoms in total. The average Bonchev–Trinajstić information content (AvgIpc) is 2.37. The lowest BCUT2D eigenvalue weighted by atomic mass is 9.86. The lowest BCUT2D eigenvalue weighted by Gasteiger charge is -2.37. The Kier molecular flexibility index (Phi) is 3.12. The van der Waals surface area contributed by atoms with Crippen molar-refractivity contribution in [3.8, 4) is 0 Å². The molecule has 0 saturated carbocycles. The van der Waals surface area contributed by atoms with Crippen LogP contribution in [0.5, 0.6) is 0 Å². The third kappa shape index (κ3) is 2.18. The molecule has 2 fully saturated rings. The minimum absolute atomic E-state index is 0.104. The molecular weight excluding hydrogens is 264 g/mol. The predicted molar refractivity (Wildman–Crippen MR) is 69.4 cm³/mol. The third-order valence-electron chi connectivity index (χ3n) is 4.23. The average molecular weight is 280 g/mol. The van der Waals surface area contributed by atoms with Crippen molar-refractivity contribution >= 4 is 15.6 Å². The van der Waals surface area contributed by atoms with E-state index in [-0.39, 0.29) is 28.0 Å². The van der Waals surface area contributed by atoms with Gasteiger partial charge in [-0.15, -0.1) is 0 Å². The van der Waals surface area contributed by atoms with Crippen molar-refractivity contribution in [1.82, 2.24) is 9.97 Å². The summed E-state index contributed by atoms with van der Waals surface area (Å²) < 4.78 is 24.3. The summed E-state index contributed by atoms with van der Waals surface area (Å²) in [5.74, 6) is -0.126. The molecule has 0 aliphatic carbocycles. The summed E-state index contributed by atoms with van der Waals surface area (Å²) in [5, 5.41) is -0.671. The number of fused-ring (bicyclic) bond motifs is 2. The maximum atomic E-state index is 12.3. The van der Waals surface area contributed by atoms with Gasteiger partial charge in [-0.3, -0.25) is 4.79 Å². The Morgan fingerprint density at radius 3 is 2.26 bits per heavy atom. The molecule has 2 aliphatic heterocycles. The first-order chi connectivity index (χ1) is 9.09. The number of hydrogen-bond acceptors (Lipinski definition) is 5. The zero-order valence-corrected chi connectivity index (χ0v) is 11.3. The van der Waals surface area contributed by atoms with E-state index < -0.39 is 9.84 Å². The van der Waals surface area contributed by atoms with Crippen molar-refractivity contribution in [2.24, 2.45) is 5.92 Å². The molecule has 2 atom stereocenters. The highest BCUT2D eigenvalue weighted by atomic mass is 32.2. The Hall–Kier alpha value is -1.30. The number of nitrogens with zero attached hydrogens (tertiary/aromatic N) is 2. The Morgan fingerprint density at radius 1 is 1.11 bits per heavy atom. The summed E-state index contributed by atoms with van der Waals surface area (Å²) >= 11 is 0. The number of aromatic nitrogens is 2. The van der Waals surface area contributed by atoms with Gasteiger partial charge in [0.2, 0.25) is 5.78 Å². The van der Waals surface area contributed by atoms with Crippen molar-refractivity contribution in [3.05, 3.63) is 24.3 Å². The smallest absolute Gasteiger partial charge is 0.203 e. The number of Topliss-reactive ketones (excluding diaryl/α,β-unsaturated/α-hetero) is 1. The van der Waals surface area contributed by atoms with Gasteiger partial charge in [-0.2, -0.15) is 0 Å². The Balaban J connectivity index is 1.84. The molecule has 2 aliphatic rings. The second kappa shape index (κ2) is 4.67. The van der Waals surface area contributed by atoms with E-state index in [1.54, 1.807) is 18.5 Å². The quantitative estimate of drug-likeness (QED) is 0.765. The SMILES string of the molecule is O=C(c1ncccn1)C1CC2CCCC(C1)S2(=O)=O. The van der Waals surface area contributed by atoms with E-state index in [4.69, 9.17) is 0 Å². The van der Waals surface area contributed by atoms with Crippen LogP contribution in [-0.4, -0.2) is 34.7 Å². The number of ketones is 1. The highest BCUT2D eigenvalue weighted by molar-refractivity contribution is 7.92. The minimum Gasteiger partial charge on any atom is -0.290 e. The molecular formula is C13H16N2O3S. The van der Waals surface area contributed by atoms with Gasteiger partial charge in [0.25, 0.3) is 0 Å². The lowest BCUT2D eigenvalue weighted by molar-refractivity contribution is 0.0883. The van der Waals surface area contributed by atoms with Crippen molar-refractivity contribution in [3.63, 3.8) is 0 Å². The monoisotopic (exact) mass is 280 g/mol. The van der Waals surface area contributed by atoms with Crippen LogP contribution < -0.4 is 0 Å². The Labute approximate surface area is 112 Å². The Morgan fingerprint density at radius 2 is 1.68 bits per heavy atom. The fraction of sp³-hybridized carbons (Fsp3) is 0.615. The molecule has 3 rings (SSSR count). The molecule has 0 N–H and O–H groups in total. The van der Waals surface area contributed by atoms with Gasteiger partial charge in [-0.25, -0.2) is 18.4 Å². The number of sulfone groups is 1. The Bertz CT molecular complexity index is 565. The van der Waals surface area contributed by atoms with Gasteiger partial charge in [-0.1, -0.05) is 6.42 Å². The van der Waals surface area contributed by atoms with E-state index in [0.717, 1.165) is 6.42 Å². The molecule has 0 amide bonds. The first-order valence-corrected chi connectivity index (χ1v) is 8.24. The lowest BCUT2D eigenvalue weighted by Crippen LogP contribution is -2.45. The van der Waals surface area contributed by atoms with E-state index in [9.17, 15) is 13.2 Å². The van der Waals surface area contributed by atoms with Crippen molar-refractivity contribution < 1.29 is 13.2 Å².